The molecule has 22 heavy (non-hydrogen) atoms. The molecule has 2 aliphatic carbocycles. The second kappa shape index (κ2) is 6.02. The first-order valence-electron chi connectivity index (χ1n) is 8.27. The van der Waals surface area contributed by atoms with Crippen molar-refractivity contribution in [1.82, 2.24) is 0 Å². The summed E-state index contributed by atoms with van der Waals surface area (Å²) in [5, 5.41) is 32.7. The molecule has 0 unspecified atom stereocenters. The Morgan fingerprint density at radius 3 is 2.27 bits per heavy atom. The van der Waals surface area contributed by atoms with E-state index >= 15 is 0 Å². The molecule has 0 aliphatic heterocycles. The molecule has 5 heteroatoms. The van der Waals surface area contributed by atoms with Crippen molar-refractivity contribution in [2.75, 3.05) is 13.9 Å². The number of rotatable bonds is 3. The average molecular weight is 316 g/mol. The Morgan fingerprint density at radius 2 is 1.68 bits per heavy atom. The highest BCUT2D eigenvalue weighted by molar-refractivity contribution is 5.11. The first-order valence-corrected chi connectivity index (χ1v) is 8.27. The average Bonchev–Trinajstić information content (AvgIpc) is 2.69. The standard InChI is InChI=1S/C17H32O5/c1-15(2)8-7-12(18)17(20)9-6-11(16(17,3)4)13(14(15)19)22-10-21-5/h11-14,18-20H,6-10H2,1-5H3/t11-,12+,13-,14-,17-/m1/s1. The molecular weight excluding hydrogens is 284 g/mol. The number of ether oxygens (including phenoxy) is 2. The van der Waals surface area contributed by atoms with Crippen LogP contribution in [0.15, 0.2) is 0 Å². The van der Waals surface area contributed by atoms with Crippen LogP contribution in [-0.2, 0) is 9.47 Å². The van der Waals surface area contributed by atoms with Crippen LogP contribution in [0.1, 0.15) is 53.4 Å². The highest BCUT2D eigenvalue weighted by atomic mass is 16.7. The summed E-state index contributed by atoms with van der Waals surface area (Å²) in [6.07, 6.45) is 0.513. The molecule has 2 aliphatic rings. The Hall–Kier alpha value is -0.200. The molecule has 5 atom stereocenters. The van der Waals surface area contributed by atoms with Gasteiger partial charge < -0.3 is 24.8 Å². The van der Waals surface area contributed by atoms with Crippen LogP contribution in [0.2, 0.25) is 0 Å². The molecule has 2 fully saturated rings. The predicted octanol–water partition coefficient (Wildman–Crippen LogP) is 1.68. The minimum absolute atomic E-state index is 0.0327. The third-order valence-electron chi connectivity index (χ3n) is 6.38. The van der Waals surface area contributed by atoms with E-state index in [9.17, 15) is 15.3 Å². The number of aliphatic hydroxyl groups excluding tert-OH is 2. The summed E-state index contributed by atoms with van der Waals surface area (Å²) in [5.41, 5.74) is -2.06. The number of aliphatic hydroxyl groups is 3. The predicted molar refractivity (Wildman–Crippen MR) is 83.2 cm³/mol. The number of hydrogen-bond donors (Lipinski definition) is 3. The molecule has 0 aromatic carbocycles. The molecular formula is C17H32O5. The Morgan fingerprint density at radius 1 is 1.05 bits per heavy atom. The van der Waals surface area contributed by atoms with Crippen LogP contribution in [-0.4, -0.2) is 53.1 Å². The van der Waals surface area contributed by atoms with Gasteiger partial charge in [-0.3, -0.25) is 0 Å². The van der Waals surface area contributed by atoms with Crippen molar-refractivity contribution in [2.45, 2.75) is 77.3 Å². The van der Waals surface area contributed by atoms with Crippen LogP contribution in [0.5, 0.6) is 0 Å². The van der Waals surface area contributed by atoms with Crippen molar-refractivity contribution in [3.63, 3.8) is 0 Å². The summed E-state index contributed by atoms with van der Waals surface area (Å²) in [6.45, 7) is 8.04. The molecule has 0 amide bonds. The molecule has 0 radical (unpaired) electrons. The quantitative estimate of drug-likeness (QED) is 0.691. The Balaban J connectivity index is 2.43. The van der Waals surface area contributed by atoms with Gasteiger partial charge in [-0.1, -0.05) is 27.7 Å². The third kappa shape index (κ3) is 2.71. The zero-order valence-corrected chi connectivity index (χ0v) is 14.5. The van der Waals surface area contributed by atoms with Crippen LogP contribution >= 0.6 is 0 Å². The largest absolute Gasteiger partial charge is 0.390 e. The lowest BCUT2D eigenvalue weighted by atomic mass is 9.67. The minimum Gasteiger partial charge on any atom is -0.390 e. The fourth-order valence-electron chi connectivity index (χ4n) is 4.46. The van der Waals surface area contributed by atoms with Crippen molar-refractivity contribution in [1.29, 1.82) is 0 Å². The van der Waals surface area contributed by atoms with Gasteiger partial charge >= 0.3 is 0 Å². The molecule has 130 valence electrons. The van der Waals surface area contributed by atoms with Crippen molar-refractivity contribution in [3.8, 4) is 0 Å². The molecule has 0 aromatic rings. The molecule has 0 heterocycles. The van der Waals surface area contributed by atoms with Gasteiger partial charge in [0.25, 0.3) is 0 Å². The van der Waals surface area contributed by atoms with Gasteiger partial charge in [0.05, 0.1) is 23.9 Å². The topological polar surface area (TPSA) is 79.2 Å². The fourth-order valence-corrected chi connectivity index (χ4v) is 4.46. The van der Waals surface area contributed by atoms with Crippen molar-refractivity contribution >= 4 is 0 Å². The third-order valence-corrected chi connectivity index (χ3v) is 6.38. The molecule has 2 saturated carbocycles. The summed E-state index contributed by atoms with van der Waals surface area (Å²) in [5.74, 6) is -0.0327. The summed E-state index contributed by atoms with van der Waals surface area (Å²) < 4.78 is 10.9. The van der Waals surface area contributed by atoms with Gasteiger partial charge in [-0.25, -0.2) is 0 Å². The van der Waals surface area contributed by atoms with Crippen molar-refractivity contribution < 1.29 is 24.8 Å². The van der Waals surface area contributed by atoms with Crippen LogP contribution in [0, 0.1) is 16.7 Å². The van der Waals surface area contributed by atoms with E-state index in [1.807, 2.05) is 27.7 Å². The highest BCUT2D eigenvalue weighted by Gasteiger charge is 2.61. The Kier molecular flexibility index (Phi) is 4.97. The van der Waals surface area contributed by atoms with Crippen LogP contribution in [0.3, 0.4) is 0 Å². The molecule has 2 bridgehead atoms. The number of methoxy groups -OCH3 is 1. The summed E-state index contributed by atoms with van der Waals surface area (Å²) >= 11 is 0. The molecule has 3 N–H and O–H groups in total. The Labute approximate surface area is 133 Å². The SMILES string of the molecule is COCO[C@H]1[C@@H](O)C(C)(C)CC[C@H](O)[C@]2(O)CC[C@H]1C2(C)C. The van der Waals surface area contributed by atoms with Gasteiger partial charge in [-0.15, -0.1) is 0 Å². The van der Waals surface area contributed by atoms with Gasteiger partial charge in [0.1, 0.15) is 6.79 Å². The number of fused-ring (bicyclic) bond motifs is 2. The minimum atomic E-state index is -1.13. The maximum Gasteiger partial charge on any atom is 0.146 e. The Bertz CT molecular complexity index is 395. The van der Waals surface area contributed by atoms with Crippen molar-refractivity contribution in [2.24, 2.45) is 16.7 Å². The molecule has 0 saturated heterocycles. The maximum atomic E-state index is 11.1. The van der Waals surface area contributed by atoms with Gasteiger partial charge in [0.2, 0.25) is 0 Å². The number of hydrogen-bond acceptors (Lipinski definition) is 5. The molecule has 0 aromatic heterocycles. The monoisotopic (exact) mass is 316 g/mol. The summed E-state index contributed by atoms with van der Waals surface area (Å²) in [7, 11) is 1.56. The van der Waals surface area contributed by atoms with E-state index in [4.69, 9.17) is 9.47 Å². The van der Waals surface area contributed by atoms with E-state index in [-0.39, 0.29) is 12.7 Å². The lowest BCUT2D eigenvalue weighted by Gasteiger charge is -2.45. The molecule has 0 spiro atoms. The normalized spacial score (nSPS) is 44.2. The highest BCUT2D eigenvalue weighted by Crippen LogP contribution is 2.56. The lowest BCUT2D eigenvalue weighted by Crippen LogP contribution is -2.54. The van der Waals surface area contributed by atoms with E-state index in [1.165, 1.54) is 0 Å². The molecule has 2 rings (SSSR count). The maximum absolute atomic E-state index is 11.1. The second-order valence-electron chi connectivity index (χ2n) is 8.32. The van der Waals surface area contributed by atoms with E-state index in [1.54, 1.807) is 7.11 Å². The lowest BCUT2D eigenvalue weighted by molar-refractivity contribution is -0.185. The first-order chi connectivity index (χ1) is 10.1. The van der Waals surface area contributed by atoms with Gasteiger partial charge in [0, 0.05) is 12.5 Å². The van der Waals surface area contributed by atoms with Gasteiger partial charge in [0.15, 0.2) is 0 Å². The van der Waals surface area contributed by atoms with E-state index in [0.717, 1.165) is 6.42 Å². The van der Waals surface area contributed by atoms with Crippen LogP contribution < -0.4 is 0 Å². The zero-order valence-electron chi connectivity index (χ0n) is 14.5. The van der Waals surface area contributed by atoms with E-state index < -0.39 is 34.7 Å². The van der Waals surface area contributed by atoms with Gasteiger partial charge in [-0.05, 0) is 37.0 Å². The van der Waals surface area contributed by atoms with Crippen LogP contribution in [0.25, 0.3) is 0 Å². The fraction of sp³-hybridized carbons (Fsp3) is 1.00. The summed E-state index contributed by atoms with van der Waals surface area (Å²) in [4.78, 5) is 0. The van der Waals surface area contributed by atoms with Crippen molar-refractivity contribution in [3.05, 3.63) is 0 Å². The van der Waals surface area contributed by atoms with Crippen LogP contribution in [0.4, 0.5) is 0 Å². The molecule has 5 nitrogen and oxygen atoms in total. The smallest absolute Gasteiger partial charge is 0.146 e. The van der Waals surface area contributed by atoms with Gasteiger partial charge in [-0.2, -0.15) is 0 Å². The van der Waals surface area contributed by atoms with E-state index in [0.29, 0.717) is 19.3 Å². The zero-order chi connectivity index (χ0) is 16.8. The summed E-state index contributed by atoms with van der Waals surface area (Å²) in [6, 6.07) is 0. The van der Waals surface area contributed by atoms with E-state index in [2.05, 4.69) is 0 Å². The first kappa shape index (κ1) is 18.1. The second-order valence-corrected chi connectivity index (χ2v) is 8.32.